The van der Waals surface area contributed by atoms with Crippen molar-refractivity contribution >= 4 is 5.96 Å². The second-order valence-electron chi connectivity index (χ2n) is 3.83. The highest BCUT2D eigenvalue weighted by molar-refractivity contribution is 5.78. The monoisotopic (exact) mass is 168 g/mol. The van der Waals surface area contributed by atoms with Gasteiger partial charge in [-0.25, -0.2) is 0 Å². The Kier molecular flexibility index (Phi) is 4.12. The van der Waals surface area contributed by atoms with Gasteiger partial charge in [0, 0.05) is 6.54 Å². The van der Waals surface area contributed by atoms with Crippen molar-refractivity contribution in [2.75, 3.05) is 6.54 Å². The highest BCUT2D eigenvalue weighted by Crippen LogP contribution is 2.16. The average molecular weight is 168 g/mol. The summed E-state index contributed by atoms with van der Waals surface area (Å²) >= 11 is 0. The molecule has 0 aliphatic heterocycles. The normalized spacial score (nSPS) is 12.3. The van der Waals surface area contributed by atoms with Crippen LogP contribution in [0, 0.1) is 16.9 Å². The van der Waals surface area contributed by atoms with Crippen LogP contribution in [0.4, 0.5) is 0 Å². The second-order valence-corrected chi connectivity index (χ2v) is 3.83. The summed E-state index contributed by atoms with van der Waals surface area (Å²) < 4.78 is 0. The van der Waals surface area contributed by atoms with Gasteiger partial charge < -0.3 is 11.1 Å². The molecule has 0 aliphatic carbocycles. The summed E-state index contributed by atoms with van der Waals surface area (Å²) in [6.45, 7) is 7.19. The van der Waals surface area contributed by atoms with E-state index in [1.165, 1.54) is 0 Å². The molecule has 4 nitrogen and oxygen atoms in total. The molecule has 0 saturated carbocycles. The van der Waals surface area contributed by atoms with E-state index in [0.717, 1.165) is 13.0 Å². The van der Waals surface area contributed by atoms with Gasteiger partial charge in [-0.15, -0.1) is 4.99 Å². The number of aliphatic imine (C=N–C) groups is 1. The molecule has 0 aromatic heterocycles. The molecule has 68 valence electrons. The summed E-state index contributed by atoms with van der Waals surface area (Å²) in [5.41, 5.74) is 5.61. The summed E-state index contributed by atoms with van der Waals surface area (Å²) in [5.74, 6) is 0.196. The molecule has 0 saturated heterocycles. The second kappa shape index (κ2) is 4.60. The molecule has 0 fully saturated rings. The van der Waals surface area contributed by atoms with E-state index in [0.29, 0.717) is 0 Å². The number of hydrogen-bond donors (Lipinski definition) is 2. The lowest BCUT2D eigenvalue weighted by Crippen LogP contribution is -2.33. The van der Waals surface area contributed by atoms with Crippen LogP contribution in [0.15, 0.2) is 4.99 Å². The largest absolute Gasteiger partial charge is 0.369 e. The van der Waals surface area contributed by atoms with E-state index in [9.17, 15) is 0 Å². The van der Waals surface area contributed by atoms with Gasteiger partial charge in [-0.05, 0) is 11.8 Å². The Morgan fingerprint density at radius 2 is 2.17 bits per heavy atom. The van der Waals surface area contributed by atoms with Crippen molar-refractivity contribution in [3.63, 3.8) is 0 Å². The van der Waals surface area contributed by atoms with Gasteiger partial charge >= 0.3 is 0 Å². The van der Waals surface area contributed by atoms with Crippen molar-refractivity contribution in [2.24, 2.45) is 16.1 Å². The summed E-state index contributed by atoms with van der Waals surface area (Å²) in [5, 5.41) is 11.0. The first kappa shape index (κ1) is 10.8. The van der Waals surface area contributed by atoms with Crippen LogP contribution in [0.1, 0.15) is 27.2 Å². The van der Waals surface area contributed by atoms with Gasteiger partial charge in [-0.2, -0.15) is 5.26 Å². The van der Waals surface area contributed by atoms with Crippen molar-refractivity contribution in [3.8, 4) is 6.19 Å². The molecule has 0 aromatic rings. The van der Waals surface area contributed by atoms with Crippen LogP contribution < -0.4 is 11.1 Å². The average Bonchev–Trinajstić information content (AvgIpc) is 1.84. The molecule has 0 rings (SSSR count). The van der Waals surface area contributed by atoms with E-state index in [4.69, 9.17) is 11.0 Å². The maximum Gasteiger partial charge on any atom is 0.209 e. The molecule has 3 N–H and O–H groups in total. The van der Waals surface area contributed by atoms with E-state index in [1.54, 1.807) is 6.19 Å². The van der Waals surface area contributed by atoms with Crippen molar-refractivity contribution in [2.45, 2.75) is 27.2 Å². The predicted octanol–water partition coefficient (Wildman–Crippen LogP) is 0.808. The SMILES string of the molecule is CC(C)(C)CCN/C(N)=N/C#N. The zero-order valence-electron chi connectivity index (χ0n) is 7.89. The Bertz CT molecular complexity index is 194. The molecule has 0 radical (unpaired) electrons. The quantitative estimate of drug-likeness (QED) is 0.364. The first-order valence-electron chi connectivity index (χ1n) is 3.92. The maximum atomic E-state index is 8.14. The lowest BCUT2D eigenvalue weighted by Gasteiger charge is -2.17. The van der Waals surface area contributed by atoms with E-state index >= 15 is 0 Å². The standard InChI is InChI=1S/C8H16N4/c1-8(2,3)4-5-11-7(10)12-6-9/h4-5H2,1-3H3,(H3,10,11,12). The van der Waals surface area contributed by atoms with Gasteiger partial charge in [-0.1, -0.05) is 20.8 Å². The number of rotatable bonds is 2. The van der Waals surface area contributed by atoms with Gasteiger partial charge in [-0.3, -0.25) is 0 Å². The minimum absolute atomic E-state index is 0.196. The molecular formula is C8H16N4. The summed E-state index contributed by atoms with van der Waals surface area (Å²) in [6, 6.07) is 0. The summed E-state index contributed by atoms with van der Waals surface area (Å²) in [6.07, 6.45) is 2.61. The van der Waals surface area contributed by atoms with E-state index in [1.807, 2.05) is 0 Å². The van der Waals surface area contributed by atoms with Crippen LogP contribution in [0.3, 0.4) is 0 Å². The van der Waals surface area contributed by atoms with Gasteiger partial charge in [0.15, 0.2) is 0 Å². The summed E-state index contributed by atoms with van der Waals surface area (Å²) in [7, 11) is 0. The Labute approximate surface area is 73.5 Å². The van der Waals surface area contributed by atoms with Gasteiger partial charge in [0.25, 0.3) is 0 Å². The van der Waals surface area contributed by atoms with Gasteiger partial charge in [0.05, 0.1) is 0 Å². The molecule has 0 heterocycles. The van der Waals surface area contributed by atoms with Crippen molar-refractivity contribution in [1.82, 2.24) is 5.32 Å². The number of nitrogens with one attached hydrogen (secondary N) is 1. The number of nitriles is 1. The third-order valence-corrected chi connectivity index (χ3v) is 1.35. The highest BCUT2D eigenvalue weighted by Gasteiger charge is 2.08. The lowest BCUT2D eigenvalue weighted by molar-refractivity contribution is 0.378. The van der Waals surface area contributed by atoms with Crippen molar-refractivity contribution < 1.29 is 0 Å². The fourth-order valence-electron chi connectivity index (χ4n) is 0.659. The Morgan fingerprint density at radius 1 is 1.58 bits per heavy atom. The zero-order valence-corrected chi connectivity index (χ0v) is 7.89. The smallest absolute Gasteiger partial charge is 0.209 e. The number of hydrogen-bond acceptors (Lipinski definition) is 2. The van der Waals surface area contributed by atoms with Crippen molar-refractivity contribution in [1.29, 1.82) is 5.26 Å². The third kappa shape index (κ3) is 6.87. The first-order valence-corrected chi connectivity index (χ1v) is 3.92. The van der Waals surface area contributed by atoms with Crippen molar-refractivity contribution in [3.05, 3.63) is 0 Å². The van der Waals surface area contributed by atoms with Crippen LogP contribution in [-0.4, -0.2) is 12.5 Å². The Hall–Kier alpha value is -1.24. The third-order valence-electron chi connectivity index (χ3n) is 1.35. The minimum atomic E-state index is 0.196. The van der Waals surface area contributed by atoms with E-state index < -0.39 is 0 Å². The van der Waals surface area contributed by atoms with Crippen LogP contribution in [0.2, 0.25) is 0 Å². The van der Waals surface area contributed by atoms with Gasteiger partial charge in [0.2, 0.25) is 12.2 Å². The molecule has 0 bridgehead atoms. The maximum absolute atomic E-state index is 8.14. The van der Waals surface area contributed by atoms with Crippen LogP contribution >= 0.6 is 0 Å². The molecule has 0 amide bonds. The highest BCUT2D eigenvalue weighted by atomic mass is 15.1. The Balaban J connectivity index is 3.59. The first-order chi connectivity index (χ1) is 5.45. The number of nitrogens with zero attached hydrogens (tertiary/aromatic N) is 2. The zero-order chi connectivity index (χ0) is 9.61. The fourth-order valence-corrected chi connectivity index (χ4v) is 0.659. The number of nitrogens with two attached hydrogens (primary N) is 1. The molecule has 12 heavy (non-hydrogen) atoms. The molecular weight excluding hydrogens is 152 g/mol. The van der Waals surface area contributed by atoms with Crippen LogP contribution in [0.25, 0.3) is 0 Å². The predicted molar refractivity (Wildman–Crippen MR) is 49.3 cm³/mol. The van der Waals surface area contributed by atoms with Gasteiger partial charge in [0.1, 0.15) is 0 Å². The Morgan fingerprint density at radius 3 is 2.58 bits per heavy atom. The van der Waals surface area contributed by atoms with Crippen LogP contribution in [0.5, 0.6) is 0 Å². The molecule has 0 unspecified atom stereocenters. The van der Waals surface area contributed by atoms with Crippen LogP contribution in [-0.2, 0) is 0 Å². The summed E-state index contributed by atoms with van der Waals surface area (Å²) in [4.78, 5) is 3.33. The fraction of sp³-hybridized carbons (Fsp3) is 0.750. The van der Waals surface area contributed by atoms with E-state index in [-0.39, 0.29) is 11.4 Å². The lowest BCUT2D eigenvalue weighted by atomic mass is 9.92. The molecule has 4 heteroatoms. The minimum Gasteiger partial charge on any atom is -0.369 e. The molecule has 0 spiro atoms. The number of guanidine groups is 1. The van der Waals surface area contributed by atoms with E-state index in [2.05, 4.69) is 31.1 Å². The molecule has 0 atom stereocenters. The molecule has 0 aliphatic rings. The topological polar surface area (TPSA) is 74.2 Å². The molecule has 0 aromatic carbocycles.